The van der Waals surface area contributed by atoms with Crippen molar-refractivity contribution in [1.82, 2.24) is 4.98 Å². The fourth-order valence-electron chi connectivity index (χ4n) is 4.48. The third-order valence-corrected chi connectivity index (χ3v) is 6.37. The molecule has 186 valence electrons. The lowest BCUT2D eigenvalue weighted by Crippen LogP contribution is -2.02. The zero-order chi connectivity index (χ0) is 26.5. The Morgan fingerprint density at radius 2 is 1.13 bits per heavy atom. The first-order chi connectivity index (χ1) is 18.5. The van der Waals surface area contributed by atoms with Gasteiger partial charge in [0.25, 0.3) is 0 Å². The van der Waals surface area contributed by atoms with Gasteiger partial charge in [-0.25, -0.2) is 9.59 Å². The number of fused-ring (bicyclic) bond motifs is 3. The highest BCUT2D eigenvalue weighted by atomic mass is 16.5. The number of ether oxygens (including phenoxy) is 1. The van der Waals surface area contributed by atoms with Crippen molar-refractivity contribution in [3.63, 3.8) is 0 Å². The predicted molar refractivity (Wildman–Crippen MR) is 151 cm³/mol. The average Bonchev–Trinajstić information content (AvgIpc) is 3.35. The SMILES string of the molecule is COC(=O)c1ccc(C(=O)O)cc1.c1ccc(-c2cc3[nH]c4ccccc4c3cc2-c2ccccc2)cc1. The summed E-state index contributed by atoms with van der Waals surface area (Å²) in [5.41, 5.74) is 7.85. The van der Waals surface area contributed by atoms with Crippen LogP contribution in [0.4, 0.5) is 0 Å². The standard InChI is InChI=1S/C24H17N.C9H8O4/c1-3-9-17(10-4-1)20-15-22-19-13-7-8-14-23(19)25-24(22)16-21(20)18-11-5-2-6-12-18;1-13-9(12)7-4-2-6(3-5-7)8(10)11/h1-16,25H;2-5H,1H3,(H,10,11). The van der Waals surface area contributed by atoms with Crippen LogP contribution in [0, 0.1) is 0 Å². The molecule has 0 bridgehead atoms. The first-order valence-electron chi connectivity index (χ1n) is 12.1. The molecule has 0 saturated carbocycles. The summed E-state index contributed by atoms with van der Waals surface area (Å²) in [7, 11) is 1.27. The first-order valence-corrected chi connectivity index (χ1v) is 12.1. The number of aromatic amines is 1. The van der Waals surface area contributed by atoms with Gasteiger partial charge in [-0.1, -0.05) is 78.9 Å². The van der Waals surface area contributed by atoms with Gasteiger partial charge in [0.2, 0.25) is 0 Å². The number of esters is 1. The number of para-hydroxylation sites is 1. The van der Waals surface area contributed by atoms with E-state index in [2.05, 4.69) is 107 Å². The second-order valence-corrected chi connectivity index (χ2v) is 8.72. The average molecular weight is 500 g/mol. The molecule has 5 heteroatoms. The summed E-state index contributed by atoms with van der Waals surface area (Å²) >= 11 is 0. The molecular formula is C33H25NO4. The van der Waals surface area contributed by atoms with Gasteiger partial charge >= 0.3 is 11.9 Å². The third kappa shape index (κ3) is 5.04. The smallest absolute Gasteiger partial charge is 0.337 e. The maximum Gasteiger partial charge on any atom is 0.337 e. The number of aromatic carboxylic acids is 1. The highest BCUT2D eigenvalue weighted by Gasteiger charge is 2.12. The van der Waals surface area contributed by atoms with E-state index in [-0.39, 0.29) is 5.56 Å². The molecule has 2 N–H and O–H groups in total. The number of hydrogen-bond donors (Lipinski definition) is 2. The number of H-pyrrole nitrogens is 1. The van der Waals surface area contributed by atoms with Gasteiger partial charge in [-0.05, 0) is 64.7 Å². The largest absolute Gasteiger partial charge is 0.478 e. The van der Waals surface area contributed by atoms with Crippen molar-refractivity contribution in [2.75, 3.05) is 7.11 Å². The minimum absolute atomic E-state index is 0.146. The molecule has 0 amide bonds. The minimum Gasteiger partial charge on any atom is -0.478 e. The summed E-state index contributed by atoms with van der Waals surface area (Å²) in [6.07, 6.45) is 0. The molecule has 0 atom stereocenters. The molecule has 0 aliphatic rings. The van der Waals surface area contributed by atoms with E-state index in [1.807, 2.05) is 0 Å². The van der Waals surface area contributed by atoms with Crippen molar-refractivity contribution in [3.8, 4) is 22.3 Å². The van der Waals surface area contributed by atoms with Crippen LogP contribution in [-0.2, 0) is 4.74 Å². The molecule has 6 rings (SSSR count). The molecule has 0 aliphatic heterocycles. The van der Waals surface area contributed by atoms with Gasteiger partial charge in [0, 0.05) is 21.8 Å². The van der Waals surface area contributed by atoms with Crippen molar-refractivity contribution in [2.45, 2.75) is 0 Å². The fourth-order valence-corrected chi connectivity index (χ4v) is 4.48. The molecule has 1 heterocycles. The summed E-state index contributed by atoms with van der Waals surface area (Å²) in [5.74, 6) is -1.49. The number of rotatable bonds is 4. The highest BCUT2D eigenvalue weighted by Crippen LogP contribution is 2.37. The van der Waals surface area contributed by atoms with E-state index in [1.54, 1.807) is 0 Å². The normalized spacial score (nSPS) is 10.6. The Morgan fingerprint density at radius 1 is 0.605 bits per heavy atom. The number of benzene rings is 5. The lowest BCUT2D eigenvalue weighted by Gasteiger charge is -2.11. The Kier molecular flexibility index (Phi) is 7.00. The Hall–Kier alpha value is -5.16. The van der Waals surface area contributed by atoms with E-state index < -0.39 is 11.9 Å². The topological polar surface area (TPSA) is 79.4 Å². The Bertz CT molecular complexity index is 1720. The minimum atomic E-state index is -1.02. The number of hydrogen-bond acceptors (Lipinski definition) is 3. The van der Waals surface area contributed by atoms with Gasteiger partial charge in [-0.2, -0.15) is 0 Å². The van der Waals surface area contributed by atoms with Crippen LogP contribution < -0.4 is 0 Å². The van der Waals surface area contributed by atoms with Crippen LogP contribution in [0.3, 0.4) is 0 Å². The monoisotopic (exact) mass is 499 g/mol. The molecule has 0 radical (unpaired) electrons. The van der Waals surface area contributed by atoms with E-state index in [4.69, 9.17) is 5.11 Å². The van der Waals surface area contributed by atoms with E-state index in [9.17, 15) is 9.59 Å². The summed E-state index contributed by atoms with van der Waals surface area (Å²) in [6, 6.07) is 39.9. The van der Waals surface area contributed by atoms with Gasteiger partial charge in [-0.3, -0.25) is 0 Å². The van der Waals surface area contributed by atoms with Gasteiger partial charge in [0.15, 0.2) is 0 Å². The number of carbonyl (C=O) groups is 2. The Morgan fingerprint density at radius 3 is 1.71 bits per heavy atom. The number of aromatic nitrogens is 1. The summed E-state index contributed by atoms with van der Waals surface area (Å²) in [4.78, 5) is 24.9. The summed E-state index contributed by atoms with van der Waals surface area (Å²) < 4.78 is 4.45. The van der Waals surface area contributed by atoms with Gasteiger partial charge < -0.3 is 14.8 Å². The predicted octanol–water partition coefficient (Wildman–Crippen LogP) is 7.83. The third-order valence-electron chi connectivity index (χ3n) is 6.37. The van der Waals surface area contributed by atoms with Crippen molar-refractivity contribution >= 4 is 33.7 Å². The van der Waals surface area contributed by atoms with Crippen LogP contribution in [0.15, 0.2) is 121 Å². The number of carboxylic acids is 1. The molecule has 0 saturated heterocycles. The maximum absolute atomic E-state index is 10.9. The molecule has 0 fully saturated rings. The lowest BCUT2D eigenvalue weighted by molar-refractivity contribution is 0.0598. The molecule has 6 aromatic rings. The van der Waals surface area contributed by atoms with E-state index in [1.165, 1.54) is 75.4 Å². The summed E-state index contributed by atoms with van der Waals surface area (Å²) in [6.45, 7) is 0. The van der Waals surface area contributed by atoms with Crippen molar-refractivity contribution in [2.24, 2.45) is 0 Å². The van der Waals surface area contributed by atoms with E-state index in [0.29, 0.717) is 5.56 Å². The van der Waals surface area contributed by atoms with Crippen LogP contribution in [0.5, 0.6) is 0 Å². The van der Waals surface area contributed by atoms with Crippen LogP contribution in [-0.4, -0.2) is 29.1 Å². The molecule has 5 nitrogen and oxygen atoms in total. The second kappa shape index (κ2) is 10.8. The molecule has 0 unspecified atom stereocenters. The zero-order valence-electron chi connectivity index (χ0n) is 20.7. The highest BCUT2D eigenvalue weighted by molar-refractivity contribution is 6.10. The Balaban J connectivity index is 0.000000193. The first kappa shape index (κ1) is 24.5. The Labute approximate surface area is 220 Å². The molecule has 0 spiro atoms. The van der Waals surface area contributed by atoms with Gasteiger partial charge in [0.1, 0.15) is 0 Å². The quantitative estimate of drug-likeness (QED) is 0.242. The van der Waals surface area contributed by atoms with Gasteiger partial charge in [0.05, 0.1) is 18.2 Å². The molecule has 38 heavy (non-hydrogen) atoms. The van der Waals surface area contributed by atoms with Crippen molar-refractivity contribution < 1.29 is 19.4 Å². The second-order valence-electron chi connectivity index (χ2n) is 8.72. The van der Waals surface area contributed by atoms with Crippen LogP contribution in [0.1, 0.15) is 20.7 Å². The van der Waals surface area contributed by atoms with E-state index >= 15 is 0 Å². The number of carboxylic acid groups (broad SMARTS) is 1. The van der Waals surface area contributed by atoms with Crippen molar-refractivity contribution in [3.05, 3.63) is 132 Å². The molecular weight excluding hydrogens is 474 g/mol. The van der Waals surface area contributed by atoms with E-state index in [0.717, 1.165) is 0 Å². The van der Waals surface area contributed by atoms with Crippen LogP contribution in [0.2, 0.25) is 0 Å². The summed E-state index contributed by atoms with van der Waals surface area (Å²) in [5, 5.41) is 11.1. The molecule has 5 aromatic carbocycles. The van der Waals surface area contributed by atoms with Gasteiger partial charge in [-0.15, -0.1) is 0 Å². The van der Waals surface area contributed by atoms with Crippen LogP contribution >= 0.6 is 0 Å². The lowest BCUT2D eigenvalue weighted by atomic mass is 9.93. The molecule has 0 aliphatic carbocycles. The molecule has 1 aromatic heterocycles. The number of methoxy groups -OCH3 is 1. The zero-order valence-corrected chi connectivity index (χ0v) is 20.7. The maximum atomic E-state index is 10.9. The van der Waals surface area contributed by atoms with Crippen LogP contribution in [0.25, 0.3) is 44.1 Å². The van der Waals surface area contributed by atoms with Crippen molar-refractivity contribution in [1.29, 1.82) is 0 Å². The number of carbonyl (C=O) groups excluding carboxylic acids is 1. The number of nitrogens with one attached hydrogen (secondary N) is 1. The fraction of sp³-hybridized carbons (Fsp3) is 0.0303.